The number of hydrogen-bond donors (Lipinski definition) is 0. The summed E-state index contributed by atoms with van der Waals surface area (Å²) in [6, 6.07) is 14.4. The number of fused-ring (bicyclic) bond motifs is 1. The molecule has 0 radical (unpaired) electrons. The van der Waals surface area contributed by atoms with E-state index in [9.17, 15) is 4.79 Å². The zero-order chi connectivity index (χ0) is 19.5. The van der Waals surface area contributed by atoms with Crippen molar-refractivity contribution in [3.63, 3.8) is 0 Å². The number of rotatable bonds is 5. The third kappa shape index (κ3) is 3.67. The number of carbonyl (C=O) groups is 1. The lowest BCUT2D eigenvalue weighted by atomic mass is 9.92. The van der Waals surface area contributed by atoms with Gasteiger partial charge in [-0.15, -0.1) is 0 Å². The van der Waals surface area contributed by atoms with E-state index in [1.54, 1.807) is 0 Å². The van der Waals surface area contributed by atoms with Crippen LogP contribution in [-0.4, -0.2) is 57.8 Å². The van der Waals surface area contributed by atoms with E-state index < -0.39 is 0 Å². The van der Waals surface area contributed by atoms with Crippen LogP contribution in [0.2, 0.25) is 0 Å². The monoisotopic (exact) mass is 376 g/mol. The van der Waals surface area contributed by atoms with Crippen LogP contribution in [0.15, 0.2) is 54.9 Å². The molecule has 0 spiro atoms. The fraction of sp³-hybridized carbons (Fsp3) is 0.391. The Morgan fingerprint density at radius 1 is 1.07 bits per heavy atom. The average Bonchev–Trinajstić information content (AvgIpc) is 3.18. The fourth-order valence-electron chi connectivity index (χ4n) is 4.12. The minimum absolute atomic E-state index is 0.00490. The van der Waals surface area contributed by atoms with Gasteiger partial charge >= 0.3 is 0 Å². The van der Waals surface area contributed by atoms with Crippen molar-refractivity contribution < 1.29 is 4.79 Å². The number of carbonyl (C=O) groups excluding carboxylic acids is 1. The van der Waals surface area contributed by atoms with Crippen molar-refractivity contribution in [1.82, 2.24) is 19.2 Å². The molecule has 1 fully saturated rings. The van der Waals surface area contributed by atoms with Gasteiger partial charge in [-0.3, -0.25) is 4.79 Å². The fourth-order valence-corrected chi connectivity index (χ4v) is 4.12. The first-order valence-corrected chi connectivity index (χ1v) is 10.1. The number of nitrogens with zero attached hydrogens (tertiary/aromatic N) is 4. The van der Waals surface area contributed by atoms with Crippen molar-refractivity contribution in [3.05, 3.63) is 71.7 Å². The Hall–Kier alpha value is -2.66. The van der Waals surface area contributed by atoms with Gasteiger partial charge in [0, 0.05) is 50.9 Å². The smallest absolute Gasteiger partial charge is 0.223 e. The lowest BCUT2D eigenvalue weighted by Gasteiger charge is -2.34. The molecule has 1 amide bonds. The zero-order valence-electron chi connectivity index (χ0n) is 16.7. The molecule has 1 aromatic carbocycles. The predicted octanol–water partition coefficient (Wildman–Crippen LogP) is 3.33. The summed E-state index contributed by atoms with van der Waals surface area (Å²) < 4.78 is 2.13. The van der Waals surface area contributed by atoms with Crippen molar-refractivity contribution in [3.8, 4) is 0 Å². The van der Waals surface area contributed by atoms with E-state index in [1.807, 2.05) is 41.6 Å². The number of amides is 1. The summed E-state index contributed by atoms with van der Waals surface area (Å²) in [5.74, 6) is 0.224. The molecule has 1 aliphatic heterocycles. The maximum atomic E-state index is 13.2. The van der Waals surface area contributed by atoms with Gasteiger partial charge in [-0.1, -0.05) is 43.3 Å². The van der Waals surface area contributed by atoms with E-state index in [4.69, 9.17) is 0 Å². The predicted molar refractivity (Wildman–Crippen MR) is 112 cm³/mol. The van der Waals surface area contributed by atoms with Gasteiger partial charge in [-0.2, -0.15) is 0 Å². The van der Waals surface area contributed by atoms with Crippen LogP contribution >= 0.6 is 0 Å². The summed E-state index contributed by atoms with van der Waals surface area (Å²) in [5.41, 5.74) is 4.34. The van der Waals surface area contributed by atoms with Crippen molar-refractivity contribution in [1.29, 1.82) is 0 Å². The van der Waals surface area contributed by atoms with E-state index in [-0.39, 0.29) is 11.8 Å². The molecule has 1 aliphatic rings. The number of aryl methyl sites for hydroxylation is 1. The molecule has 0 N–H and O–H groups in total. The summed E-state index contributed by atoms with van der Waals surface area (Å²) in [6.45, 7) is 8.87. The van der Waals surface area contributed by atoms with Crippen LogP contribution in [0.5, 0.6) is 0 Å². The zero-order valence-corrected chi connectivity index (χ0v) is 16.7. The molecular weight excluding hydrogens is 348 g/mol. The van der Waals surface area contributed by atoms with Crippen molar-refractivity contribution >= 4 is 11.6 Å². The van der Waals surface area contributed by atoms with Gasteiger partial charge in [-0.25, -0.2) is 4.98 Å². The molecule has 0 bridgehead atoms. The molecule has 1 unspecified atom stereocenters. The van der Waals surface area contributed by atoms with Gasteiger partial charge < -0.3 is 14.2 Å². The van der Waals surface area contributed by atoms with Crippen molar-refractivity contribution in [2.45, 2.75) is 26.2 Å². The van der Waals surface area contributed by atoms with Gasteiger partial charge in [0.1, 0.15) is 5.65 Å². The Morgan fingerprint density at radius 2 is 1.82 bits per heavy atom. The van der Waals surface area contributed by atoms with Crippen molar-refractivity contribution in [2.24, 2.45) is 0 Å². The molecule has 0 aliphatic carbocycles. The lowest BCUT2D eigenvalue weighted by molar-refractivity contribution is -0.133. The van der Waals surface area contributed by atoms with Crippen LogP contribution in [0.3, 0.4) is 0 Å². The van der Waals surface area contributed by atoms with Gasteiger partial charge in [0.2, 0.25) is 5.91 Å². The van der Waals surface area contributed by atoms with Crippen LogP contribution in [0.25, 0.3) is 5.65 Å². The Kier molecular flexibility index (Phi) is 5.44. The SMILES string of the molecule is CCN1CCN(C(=O)CC(c2ccccc2)c2cnc3c(C)cccn23)CC1. The highest BCUT2D eigenvalue weighted by molar-refractivity contribution is 5.78. The van der Waals surface area contributed by atoms with E-state index in [1.165, 1.54) is 0 Å². The van der Waals surface area contributed by atoms with Gasteiger partial charge in [0.25, 0.3) is 0 Å². The quantitative estimate of drug-likeness (QED) is 0.686. The minimum atomic E-state index is -0.00490. The molecule has 146 valence electrons. The first-order valence-electron chi connectivity index (χ1n) is 10.1. The highest BCUT2D eigenvalue weighted by atomic mass is 16.2. The molecule has 5 heteroatoms. The maximum absolute atomic E-state index is 13.2. The van der Waals surface area contributed by atoms with Gasteiger partial charge in [0.05, 0.1) is 5.69 Å². The van der Waals surface area contributed by atoms with Crippen LogP contribution in [0, 0.1) is 6.92 Å². The first kappa shape index (κ1) is 18.7. The molecule has 1 saturated heterocycles. The maximum Gasteiger partial charge on any atom is 0.223 e. The highest BCUT2D eigenvalue weighted by Gasteiger charge is 2.26. The Balaban J connectivity index is 1.63. The summed E-state index contributed by atoms with van der Waals surface area (Å²) in [4.78, 5) is 22.2. The van der Waals surface area contributed by atoms with Crippen molar-refractivity contribution in [2.75, 3.05) is 32.7 Å². The number of imidazole rings is 1. The second-order valence-electron chi connectivity index (χ2n) is 7.55. The Morgan fingerprint density at radius 3 is 2.54 bits per heavy atom. The standard InChI is InChI=1S/C23H28N4O/c1-3-25-12-14-26(15-13-25)22(28)16-20(19-9-5-4-6-10-19)21-17-24-23-18(2)8-7-11-27(21)23/h4-11,17,20H,3,12-16H2,1-2H3. The number of pyridine rings is 1. The Labute approximate surface area is 166 Å². The van der Waals surface area contributed by atoms with Crippen LogP contribution in [0.4, 0.5) is 0 Å². The minimum Gasteiger partial charge on any atom is -0.340 e. The number of piperazine rings is 1. The molecular formula is C23H28N4O. The molecule has 2 aromatic heterocycles. The first-order chi connectivity index (χ1) is 13.7. The third-order valence-electron chi connectivity index (χ3n) is 5.87. The third-order valence-corrected chi connectivity index (χ3v) is 5.87. The summed E-state index contributed by atoms with van der Waals surface area (Å²) >= 11 is 0. The molecule has 5 nitrogen and oxygen atoms in total. The van der Waals surface area contributed by atoms with Crippen LogP contribution in [0.1, 0.15) is 36.1 Å². The van der Waals surface area contributed by atoms with E-state index >= 15 is 0 Å². The van der Waals surface area contributed by atoms with E-state index in [0.29, 0.717) is 6.42 Å². The lowest BCUT2D eigenvalue weighted by Crippen LogP contribution is -2.48. The molecule has 28 heavy (non-hydrogen) atoms. The molecule has 3 heterocycles. The summed E-state index contributed by atoms with van der Waals surface area (Å²) in [7, 11) is 0. The second kappa shape index (κ2) is 8.15. The molecule has 4 rings (SSSR count). The van der Waals surface area contributed by atoms with E-state index in [2.05, 4.69) is 46.3 Å². The normalized spacial score (nSPS) is 16.4. The molecule has 0 saturated carbocycles. The van der Waals surface area contributed by atoms with Crippen LogP contribution in [-0.2, 0) is 4.79 Å². The number of hydrogen-bond acceptors (Lipinski definition) is 3. The largest absolute Gasteiger partial charge is 0.340 e. The number of likely N-dealkylation sites (N-methyl/N-ethyl adjacent to an activating group) is 1. The summed E-state index contributed by atoms with van der Waals surface area (Å²) in [6.07, 6.45) is 4.45. The summed E-state index contributed by atoms with van der Waals surface area (Å²) in [5, 5.41) is 0. The topological polar surface area (TPSA) is 40.8 Å². The van der Waals surface area contributed by atoms with Crippen LogP contribution < -0.4 is 0 Å². The number of benzene rings is 1. The second-order valence-corrected chi connectivity index (χ2v) is 7.55. The molecule has 1 atom stereocenters. The van der Waals surface area contributed by atoms with E-state index in [0.717, 1.165) is 55.2 Å². The molecule has 3 aromatic rings. The number of aromatic nitrogens is 2. The van der Waals surface area contributed by atoms with Gasteiger partial charge in [-0.05, 0) is 30.7 Å². The Bertz CT molecular complexity index is 942. The van der Waals surface area contributed by atoms with Gasteiger partial charge in [0.15, 0.2) is 0 Å². The average molecular weight is 377 g/mol. The highest BCUT2D eigenvalue weighted by Crippen LogP contribution is 2.30.